The third-order valence-corrected chi connectivity index (χ3v) is 1.98. The van der Waals surface area contributed by atoms with Gasteiger partial charge in [-0.1, -0.05) is 6.92 Å². The van der Waals surface area contributed by atoms with Gasteiger partial charge in [-0.3, -0.25) is 4.79 Å². The maximum Gasteiger partial charge on any atom is 0.250 e. The van der Waals surface area contributed by atoms with Crippen LogP contribution in [-0.4, -0.2) is 4.57 Å². The molecular formula is C9H14N2O. The van der Waals surface area contributed by atoms with Crippen molar-refractivity contribution in [2.45, 2.75) is 26.8 Å². The number of hydrogen-bond donors (Lipinski definition) is 1. The molecule has 1 aromatic rings. The maximum absolute atomic E-state index is 11.3. The first-order valence-electron chi connectivity index (χ1n) is 4.18. The standard InChI is InChI=1S/C9H14N2O/c1-3-8-7(10)5-6-9(12)11(8)4-2/h5-6H,3-4,10H2,1-2H3. The van der Waals surface area contributed by atoms with Crippen molar-refractivity contribution in [3.8, 4) is 0 Å². The predicted molar refractivity (Wildman–Crippen MR) is 50.2 cm³/mol. The molecule has 1 rings (SSSR count). The number of hydrogen-bond acceptors (Lipinski definition) is 2. The van der Waals surface area contributed by atoms with Gasteiger partial charge >= 0.3 is 0 Å². The van der Waals surface area contributed by atoms with Gasteiger partial charge in [-0.25, -0.2) is 0 Å². The van der Waals surface area contributed by atoms with Crippen LogP contribution in [0.15, 0.2) is 16.9 Å². The smallest absolute Gasteiger partial charge is 0.250 e. The molecule has 0 bridgehead atoms. The van der Waals surface area contributed by atoms with Crippen molar-refractivity contribution in [3.63, 3.8) is 0 Å². The molecule has 0 radical (unpaired) electrons. The van der Waals surface area contributed by atoms with E-state index in [0.29, 0.717) is 12.2 Å². The predicted octanol–water partition coefficient (Wildman–Crippen LogP) is 1.01. The fourth-order valence-corrected chi connectivity index (χ4v) is 1.38. The van der Waals surface area contributed by atoms with Crippen LogP contribution in [0.1, 0.15) is 19.5 Å². The van der Waals surface area contributed by atoms with Crippen LogP contribution in [-0.2, 0) is 13.0 Å². The zero-order chi connectivity index (χ0) is 9.14. The van der Waals surface area contributed by atoms with Crippen LogP contribution in [0.4, 0.5) is 5.69 Å². The van der Waals surface area contributed by atoms with Crippen LogP contribution in [0.2, 0.25) is 0 Å². The molecule has 0 atom stereocenters. The maximum atomic E-state index is 11.3. The quantitative estimate of drug-likeness (QED) is 0.712. The van der Waals surface area contributed by atoms with E-state index in [1.165, 1.54) is 6.07 Å². The van der Waals surface area contributed by atoms with E-state index in [-0.39, 0.29) is 5.56 Å². The van der Waals surface area contributed by atoms with E-state index in [4.69, 9.17) is 5.73 Å². The molecule has 1 heterocycles. The molecule has 0 saturated carbocycles. The molecule has 3 heteroatoms. The number of rotatable bonds is 2. The summed E-state index contributed by atoms with van der Waals surface area (Å²) in [5.41, 5.74) is 7.39. The fourth-order valence-electron chi connectivity index (χ4n) is 1.38. The van der Waals surface area contributed by atoms with Crippen LogP contribution < -0.4 is 11.3 Å². The van der Waals surface area contributed by atoms with Gasteiger partial charge in [-0.15, -0.1) is 0 Å². The van der Waals surface area contributed by atoms with Gasteiger partial charge in [-0.05, 0) is 19.4 Å². The second-order valence-corrected chi connectivity index (χ2v) is 2.67. The van der Waals surface area contributed by atoms with Crippen LogP contribution >= 0.6 is 0 Å². The summed E-state index contributed by atoms with van der Waals surface area (Å²) in [6, 6.07) is 3.19. The molecule has 0 aliphatic carbocycles. The van der Waals surface area contributed by atoms with Crippen molar-refractivity contribution in [1.29, 1.82) is 0 Å². The van der Waals surface area contributed by atoms with Crippen molar-refractivity contribution >= 4 is 5.69 Å². The molecular weight excluding hydrogens is 152 g/mol. The molecule has 2 N–H and O–H groups in total. The molecule has 66 valence electrons. The zero-order valence-corrected chi connectivity index (χ0v) is 7.50. The van der Waals surface area contributed by atoms with Crippen molar-refractivity contribution in [2.75, 3.05) is 5.73 Å². The van der Waals surface area contributed by atoms with E-state index in [9.17, 15) is 4.79 Å². The fraction of sp³-hybridized carbons (Fsp3) is 0.444. The lowest BCUT2D eigenvalue weighted by Crippen LogP contribution is -2.22. The highest BCUT2D eigenvalue weighted by molar-refractivity contribution is 5.42. The summed E-state index contributed by atoms with van der Waals surface area (Å²) in [5.74, 6) is 0. The molecule has 0 aliphatic rings. The molecule has 1 aromatic heterocycles. The molecule has 12 heavy (non-hydrogen) atoms. The van der Waals surface area contributed by atoms with Crippen LogP contribution in [0.3, 0.4) is 0 Å². The van der Waals surface area contributed by atoms with Crippen LogP contribution in [0, 0.1) is 0 Å². The minimum absolute atomic E-state index is 0.0311. The van der Waals surface area contributed by atoms with Crippen molar-refractivity contribution in [3.05, 3.63) is 28.2 Å². The highest BCUT2D eigenvalue weighted by Gasteiger charge is 2.02. The third kappa shape index (κ3) is 1.35. The Morgan fingerprint density at radius 3 is 2.50 bits per heavy atom. The SMILES string of the molecule is CCc1c(N)ccc(=O)n1CC. The zero-order valence-electron chi connectivity index (χ0n) is 7.50. The molecule has 0 aromatic carbocycles. The molecule has 0 fully saturated rings. The summed E-state index contributed by atoms with van der Waals surface area (Å²) in [5, 5.41) is 0. The lowest BCUT2D eigenvalue weighted by molar-refractivity contribution is 0.684. The van der Waals surface area contributed by atoms with Crippen LogP contribution in [0.25, 0.3) is 0 Å². The van der Waals surface area contributed by atoms with E-state index in [0.717, 1.165) is 12.1 Å². The first-order chi connectivity index (χ1) is 5.70. The highest BCUT2D eigenvalue weighted by atomic mass is 16.1. The lowest BCUT2D eigenvalue weighted by atomic mass is 10.2. The summed E-state index contributed by atoms with van der Waals surface area (Å²) >= 11 is 0. The summed E-state index contributed by atoms with van der Waals surface area (Å²) in [7, 11) is 0. The van der Waals surface area contributed by atoms with E-state index >= 15 is 0 Å². The minimum Gasteiger partial charge on any atom is -0.397 e. The first kappa shape index (κ1) is 8.84. The van der Waals surface area contributed by atoms with Gasteiger partial charge in [-0.2, -0.15) is 0 Å². The Morgan fingerprint density at radius 2 is 2.08 bits per heavy atom. The Kier molecular flexibility index (Phi) is 2.53. The Hall–Kier alpha value is -1.25. The number of nitrogens with two attached hydrogens (primary N) is 1. The molecule has 0 aliphatic heterocycles. The number of nitrogen functional groups attached to an aromatic ring is 1. The summed E-state index contributed by atoms with van der Waals surface area (Å²) in [6.07, 6.45) is 0.801. The van der Waals surface area contributed by atoms with Gasteiger partial charge in [0.05, 0.1) is 5.69 Å². The average Bonchev–Trinajstić information content (AvgIpc) is 2.08. The number of pyridine rings is 1. The normalized spacial score (nSPS) is 10.2. The first-order valence-corrected chi connectivity index (χ1v) is 4.18. The monoisotopic (exact) mass is 166 g/mol. The second-order valence-electron chi connectivity index (χ2n) is 2.67. The number of anilines is 1. The van der Waals surface area contributed by atoms with Gasteiger partial charge in [0.15, 0.2) is 0 Å². The van der Waals surface area contributed by atoms with E-state index in [1.807, 2.05) is 13.8 Å². The molecule has 0 spiro atoms. The van der Waals surface area contributed by atoms with Crippen molar-refractivity contribution in [2.24, 2.45) is 0 Å². The molecule has 3 nitrogen and oxygen atoms in total. The average molecular weight is 166 g/mol. The topological polar surface area (TPSA) is 48.0 Å². The third-order valence-electron chi connectivity index (χ3n) is 1.98. The van der Waals surface area contributed by atoms with Gasteiger partial charge in [0.2, 0.25) is 0 Å². The second kappa shape index (κ2) is 3.43. The Morgan fingerprint density at radius 1 is 1.42 bits per heavy atom. The van der Waals surface area contributed by atoms with Crippen molar-refractivity contribution < 1.29 is 0 Å². The van der Waals surface area contributed by atoms with Gasteiger partial charge in [0.25, 0.3) is 5.56 Å². The Bertz CT molecular complexity index is 328. The number of nitrogens with zero attached hydrogens (tertiary/aromatic N) is 1. The summed E-state index contributed by atoms with van der Waals surface area (Å²) < 4.78 is 1.70. The molecule has 0 amide bonds. The summed E-state index contributed by atoms with van der Waals surface area (Å²) in [6.45, 7) is 4.63. The van der Waals surface area contributed by atoms with Gasteiger partial charge in [0, 0.05) is 18.3 Å². The van der Waals surface area contributed by atoms with E-state index in [1.54, 1.807) is 10.6 Å². The van der Waals surface area contributed by atoms with Crippen molar-refractivity contribution in [1.82, 2.24) is 4.57 Å². The Labute approximate surface area is 71.8 Å². The van der Waals surface area contributed by atoms with E-state index < -0.39 is 0 Å². The Balaban J connectivity index is 3.39. The largest absolute Gasteiger partial charge is 0.397 e. The highest BCUT2D eigenvalue weighted by Crippen LogP contribution is 2.08. The van der Waals surface area contributed by atoms with Crippen LogP contribution in [0.5, 0.6) is 0 Å². The lowest BCUT2D eigenvalue weighted by Gasteiger charge is -2.10. The summed E-state index contributed by atoms with van der Waals surface area (Å²) in [4.78, 5) is 11.3. The number of aromatic nitrogens is 1. The van der Waals surface area contributed by atoms with E-state index in [2.05, 4.69) is 0 Å². The van der Waals surface area contributed by atoms with Gasteiger partial charge < -0.3 is 10.3 Å². The molecule has 0 unspecified atom stereocenters. The molecule has 0 saturated heterocycles. The minimum atomic E-state index is 0.0311. The van der Waals surface area contributed by atoms with Gasteiger partial charge in [0.1, 0.15) is 0 Å².